The van der Waals surface area contributed by atoms with E-state index in [1.54, 1.807) is 18.9 Å². The Hall–Kier alpha value is -3.45. The zero-order valence-corrected chi connectivity index (χ0v) is 20.6. The Balaban J connectivity index is 1.21. The second-order valence-electron chi connectivity index (χ2n) is 8.77. The van der Waals surface area contributed by atoms with Crippen molar-refractivity contribution in [1.29, 1.82) is 0 Å². The van der Waals surface area contributed by atoms with Crippen molar-refractivity contribution in [2.24, 2.45) is 0 Å². The summed E-state index contributed by atoms with van der Waals surface area (Å²) < 4.78 is 5.24. The molecule has 0 spiro atoms. The zero-order chi connectivity index (χ0) is 24.2. The second-order valence-corrected chi connectivity index (χ2v) is 9.84. The number of ether oxygens (including phenoxy) is 1. The Kier molecular flexibility index (Phi) is 6.95. The fourth-order valence-electron chi connectivity index (χ4n) is 4.61. The number of amides is 2. The van der Waals surface area contributed by atoms with Gasteiger partial charge >= 0.3 is 0 Å². The summed E-state index contributed by atoms with van der Waals surface area (Å²) in [6, 6.07) is 25.9. The van der Waals surface area contributed by atoms with Gasteiger partial charge in [0.05, 0.1) is 12.9 Å². The highest BCUT2D eigenvalue weighted by Gasteiger charge is 2.33. The van der Waals surface area contributed by atoms with Crippen molar-refractivity contribution in [2.45, 2.75) is 11.9 Å². The monoisotopic (exact) mass is 487 g/mol. The maximum atomic E-state index is 13.1. The molecule has 7 heteroatoms. The van der Waals surface area contributed by atoms with Crippen molar-refractivity contribution in [3.63, 3.8) is 0 Å². The molecule has 2 aliphatic heterocycles. The Morgan fingerprint density at radius 2 is 1.60 bits per heavy atom. The van der Waals surface area contributed by atoms with Crippen LogP contribution < -0.4 is 9.64 Å². The van der Waals surface area contributed by atoms with E-state index in [1.165, 1.54) is 0 Å². The van der Waals surface area contributed by atoms with Gasteiger partial charge in [-0.05, 0) is 47.5 Å². The molecule has 6 nitrogen and oxygen atoms in total. The predicted molar refractivity (Wildman–Crippen MR) is 140 cm³/mol. The Labute approximate surface area is 210 Å². The molecule has 2 saturated heterocycles. The van der Waals surface area contributed by atoms with Crippen molar-refractivity contribution in [2.75, 3.05) is 43.9 Å². The molecule has 180 valence electrons. The molecule has 2 amide bonds. The summed E-state index contributed by atoms with van der Waals surface area (Å²) in [6.45, 7) is 3.56. The van der Waals surface area contributed by atoms with Crippen LogP contribution >= 0.6 is 11.8 Å². The van der Waals surface area contributed by atoms with Crippen LogP contribution in [0.2, 0.25) is 0 Å². The first kappa shape index (κ1) is 23.3. The third-order valence-electron chi connectivity index (χ3n) is 6.61. The summed E-state index contributed by atoms with van der Waals surface area (Å²) in [4.78, 5) is 31.8. The van der Waals surface area contributed by atoms with Crippen LogP contribution in [-0.4, -0.2) is 60.7 Å². The third-order valence-corrected chi connectivity index (χ3v) is 7.87. The number of hydrogen-bond acceptors (Lipinski definition) is 5. The lowest BCUT2D eigenvalue weighted by atomic mass is 10.1. The van der Waals surface area contributed by atoms with Crippen molar-refractivity contribution in [3.8, 4) is 5.75 Å². The lowest BCUT2D eigenvalue weighted by Crippen LogP contribution is -2.48. The summed E-state index contributed by atoms with van der Waals surface area (Å²) in [5.74, 6) is 1.53. The molecule has 2 fully saturated rings. The van der Waals surface area contributed by atoms with Gasteiger partial charge in [0.2, 0.25) is 5.91 Å². The van der Waals surface area contributed by atoms with Gasteiger partial charge in [0, 0.05) is 44.0 Å². The molecule has 0 N–H and O–H groups in total. The van der Waals surface area contributed by atoms with E-state index in [1.807, 2.05) is 76.5 Å². The van der Waals surface area contributed by atoms with Crippen LogP contribution in [0.25, 0.3) is 0 Å². The number of benzene rings is 3. The van der Waals surface area contributed by atoms with Crippen LogP contribution in [0.4, 0.5) is 5.69 Å². The summed E-state index contributed by atoms with van der Waals surface area (Å²) in [6.07, 6.45) is 0. The summed E-state index contributed by atoms with van der Waals surface area (Å²) in [5, 5.41) is -0.0279. The molecule has 2 heterocycles. The first-order valence-corrected chi connectivity index (χ1v) is 12.9. The Bertz CT molecular complexity index is 1160. The molecule has 1 atom stereocenters. The van der Waals surface area contributed by atoms with Crippen LogP contribution in [0.3, 0.4) is 0 Å². The molecule has 3 aromatic carbocycles. The lowest BCUT2D eigenvalue weighted by molar-refractivity contribution is -0.128. The summed E-state index contributed by atoms with van der Waals surface area (Å²) in [7, 11) is 1.67. The first-order valence-electron chi connectivity index (χ1n) is 11.9. The maximum Gasteiger partial charge on any atom is 0.253 e. The van der Waals surface area contributed by atoms with Gasteiger partial charge in [-0.1, -0.05) is 42.5 Å². The molecule has 3 aromatic rings. The molecule has 0 radical (unpaired) electrons. The van der Waals surface area contributed by atoms with E-state index in [2.05, 4.69) is 17.0 Å². The van der Waals surface area contributed by atoms with Gasteiger partial charge in [-0.15, -0.1) is 11.8 Å². The molecule has 0 saturated carbocycles. The van der Waals surface area contributed by atoms with Gasteiger partial charge in [-0.25, -0.2) is 0 Å². The number of hydrogen-bond donors (Lipinski definition) is 0. The molecule has 35 heavy (non-hydrogen) atoms. The van der Waals surface area contributed by atoms with Gasteiger partial charge in [0.15, 0.2) is 0 Å². The molecule has 0 unspecified atom stereocenters. The van der Waals surface area contributed by atoms with E-state index in [4.69, 9.17) is 4.74 Å². The van der Waals surface area contributed by atoms with E-state index < -0.39 is 0 Å². The van der Waals surface area contributed by atoms with Crippen LogP contribution in [-0.2, 0) is 11.3 Å². The number of anilines is 1. The van der Waals surface area contributed by atoms with Crippen molar-refractivity contribution >= 4 is 29.3 Å². The van der Waals surface area contributed by atoms with Crippen LogP contribution in [0, 0.1) is 0 Å². The fourth-order valence-corrected chi connectivity index (χ4v) is 5.80. The molecular formula is C28H29N3O3S. The highest BCUT2D eigenvalue weighted by Crippen LogP contribution is 2.39. The Morgan fingerprint density at radius 3 is 2.26 bits per heavy atom. The molecular weight excluding hydrogens is 458 g/mol. The molecule has 0 aliphatic carbocycles. The first-order chi connectivity index (χ1) is 17.1. The quantitative estimate of drug-likeness (QED) is 0.515. The maximum absolute atomic E-state index is 13.1. The topological polar surface area (TPSA) is 53.1 Å². The van der Waals surface area contributed by atoms with Gasteiger partial charge < -0.3 is 19.4 Å². The van der Waals surface area contributed by atoms with E-state index >= 15 is 0 Å². The number of rotatable bonds is 6. The minimum Gasteiger partial charge on any atom is -0.497 e. The minimum absolute atomic E-state index is 0.0279. The van der Waals surface area contributed by atoms with Crippen LogP contribution in [0.1, 0.15) is 26.9 Å². The van der Waals surface area contributed by atoms with Crippen molar-refractivity contribution in [3.05, 3.63) is 95.6 Å². The van der Waals surface area contributed by atoms with Gasteiger partial charge in [0.25, 0.3) is 5.91 Å². The number of carbonyl (C=O) groups is 2. The van der Waals surface area contributed by atoms with Crippen LogP contribution in [0.15, 0.2) is 78.9 Å². The average molecular weight is 488 g/mol. The van der Waals surface area contributed by atoms with Crippen molar-refractivity contribution < 1.29 is 14.3 Å². The van der Waals surface area contributed by atoms with E-state index in [9.17, 15) is 9.59 Å². The second kappa shape index (κ2) is 10.4. The lowest BCUT2D eigenvalue weighted by Gasteiger charge is -2.36. The smallest absolute Gasteiger partial charge is 0.253 e. The van der Waals surface area contributed by atoms with Gasteiger partial charge in [-0.3, -0.25) is 9.59 Å². The van der Waals surface area contributed by atoms with Crippen LogP contribution in [0.5, 0.6) is 5.75 Å². The van der Waals surface area contributed by atoms with E-state index in [-0.39, 0.29) is 17.2 Å². The SMILES string of the molecule is COc1ccc(N2CCN(C(=O)c3ccc([C@H]4SCC(=O)N4Cc4ccccc4)cc3)CC2)cc1. The Morgan fingerprint density at radius 1 is 0.914 bits per heavy atom. The molecule has 2 aliphatic rings. The fraction of sp³-hybridized carbons (Fsp3) is 0.286. The standard InChI is InChI=1S/C28H29N3O3S/c1-34-25-13-11-24(12-14-25)29-15-17-30(18-16-29)27(33)22-7-9-23(10-8-22)28-31(26(32)20-35-28)19-21-5-3-2-4-6-21/h2-14,28H,15-20H2,1H3/t28-/m1/s1. The molecule has 0 bridgehead atoms. The number of piperazine rings is 1. The molecule has 5 rings (SSSR count). The highest BCUT2D eigenvalue weighted by atomic mass is 32.2. The minimum atomic E-state index is -0.0279. The number of carbonyl (C=O) groups excluding carboxylic acids is 2. The van der Waals surface area contributed by atoms with Gasteiger partial charge in [0.1, 0.15) is 11.1 Å². The van der Waals surface area contributed by atoms with E-state index in [0.717, 1.165) is 35.7 Å². The average Bonchev–Trinajstić information content (AvgIpc) is 3.28. The number of thioether (sulfide) groups is 1. The summed E-state index contributed by atoms with van der Waals surface area (Å²) >= 11 is 1.64. The zero-order valence-electron chi connectivity index (χ0n) is 19.8. The third kappa shape index (κ3) is 5.15. The highest BCUT2D eigenvalue weighted by molar-refractivity contribution is 8.00. The largest absolute Gasteiger partial charge is 0.497 e. The predicted octanol–water partition coefficient (Wildman–Crippen LogP) is 4.43. The number of methoxy groups -OCH3 is 1. The normalized spacial score (nSPS) is 18.1. The van der Waals surface area contributed by atoms with E-state index in [0.29, 0.717) is 31.0 Å². The van der Waals surface area contributed by atoms with Gasteiger partial charge in [-0.2, -0.15) is 0 Å². The molecule has 0 aromatic heterocycles. The number of nitrogens with zero attached hydrogens (tertiary/aromatic N) is 3. The summed E-state index contributed by atoms with van der Waals surface area (Å²) in [5.41, 5.74) is 4.01. The van der Waals surface area contributed by atoms with Crippen molar-refractivity contribution in [1.82, 2.24) is 9.80 Å².